The Morgan fingerprint density at radius 3 is 2.91 bits per heavy atom. The van der Waals surface area contributed by atoms with Gasteiger partial charge in [-0.1, -0.05) is 12.8 Å². The van der Waals surface area contributed by atoms with Crippen molar-refractivity contribution in [3.8, 4) is 11.8 Å². The molecular weight excluding hydrogens is 275 g/mol. The van der Waals surface area contributed by atoms with Gasteiger partial charge in [0, 0.05) is 30.5 Å². The molecule has 1 aliphatic heterocycles. The largest absolute Gasteiger partial charge is 0.493 e. The molecule has 0 amide bonds. The first-order valence-corrected chi connectivity index (χ1v) is 7.85. The third-order valence-electron chi connectivity index (χ3n) is 4.88. The van der Waals surface area contributed by atoms with Crippen molar-refractivity contribution >= 4 is 23.4 Å². The van der Waals surface area contributed by atoms with E-state index in [1.54, 1.807) is 12.3 Å². The van der Waals surface area contributed by atoms with Crippen LogP contribution < -0.4 is 4.90 Å². The fraction of sp³-hybridized carbons (Fsp3) is 0.438. The Labute approximate surface area is 129 Å². The van der Waals surface area contributed by atoms with Gasteiger partial charge in [0.05, 0.1) is 11.7 Å². The van der Waals surface area contributed by atoms with Gasteiger partial charge in [-0.15, -0.1) is 0 Å². The van der Waals surface area contributed by atoms with Gasteiger partial charge < -0.3 is 10.0 Å². The zero-order valence-corrected chi connectivity index (χ0v) is 12.3. The van der Waals surface area contributed by atoms with E-state index >= 15 is 0 Å². The number of rotatable bonds is 3. The van der Waals surface area contributed by atoms with Crippen molar-refractivity contribution in [1.29, 1.82) is 5.26 Å². The van der Waals surface area contributed by atoms with Gasteiger partial charge in [-0.3, -0.25) is 0 Å². The molecule has 1 unspecified atom stereocenters. The zero-order chi connectivity index (χ0) is 15.1. The molecule has 2 aromatic rings. The highest BCUT2D eigenvalue weighted by molar-refractivity contribution is 6.70. The molecule has 22 heavy (non-hydrogen) atoms. The van der Waals surface area contributed by atoms with Crippen molar-refractivity contribution in [2.75, 3.05) is 18.0 Å². The van der Waals surface area contributed by atoms with E-state index in [1.165, 1.54) is 12.8 Å². The first-order chi connectivity index (χ1) is 10.7. The molecule has 0 spiro atoms. The molecule has 0 aromatic carbocycles. The average molecular weight is 292 g/mol. The Kier molecular flexibility index (Phi) is 3.14. The van der Waals surface area contributed by atoms with E-state index in [0.717, 1.165) is 30.7 Å². The number of hydrogen-bond acceptors (Lipinski definition) is 5. The van der Waals surface area contributed by atoms with E-state index < -0.39 is 0 Å². The van der Waals surface area contributed by atoms with Crippen molar-refractivity contribution < 1.29 is 5.11 Å². The van der Waals surface area contributed by atoms with Crippen LogP contribution in [0.2, 0.25) is 11.6 Å². The van der Waals surface area contributed by atoms with Gasteiger partial charge in [-0.05, 0) is 30.2 Å². The normalized spacial score (nSPS) is 21.0. The average Bonchev–Trinajstić information content (AvgIpc) is 3.24. The minimum absolute atomic E-state index is 0.0181. The second kappa shape index (κ2) is 5.17. The molecule has 0 bridgehead atoms. The number of pyridine rings is 2. The molecule has 4 rings (SSSR count). The van der Waals surface area contributed by atoms with Crippen LogP contribution in [0.5, 0.6) is 5.88 Å². The SMILES string of the molecule is N#CB(C1CC1)C1CCN(c2cc3ccc(O)nc3cn2)C1. The third kappa shape index (κ3) is 2.37. The molecule has 1 saturated heterocycles. The number of nitrogens with zero attached hydrogens (tertiary/aromatic N) is 4. The van der Waals surface area contributed by atoms with E-state index in [4.69, 9.17) is 0 Å². The third-order valence-corrected chi connectivity index (χ3v) is 4.88. The fourth-order valence-corrected chi connectivity index (χ4v) is 3.52. The minimum Gasteiger partial charge on any atom is -0.493 e. The lowest BCUT2D eigenvalue weighted by Gasteiger charge is -2.18. The quantitative estimate of drug-likeness (QED) is 0.880. The summed E-state index contributed by atoms with van der Waals surface area (Å²) in [6.45, 7) is 2.09. The molecule has 1 N–H and O–H groups in total. The summed E-state index contributed by atoms with van der Waals surface area (Å²) in [6.07, 6.45) is 5.22. The van der Waals surface area contributed by atoms with Crippen molar-refractivity contribution in [3.05, 3.63) is 24.4 Å². The molecule has 110 valence electrons. The molecule has 2 aromatic heterocycles. The molecule has 2 aliphatic rings. The van der Waals surface area contributed by atoms with E-state index in [1.807, 2.05) is 12.1 Å². The smallest absolute Gasteiger partial charge is 0.275 e. The molecule has 3 heterocycles. The summed E-state index contributed by atoms with van der Waals surface area (Å²) < 4.78 is 0. The first kappa shape index (κ1) is 13.4. The number of anilines is 1. The number of aromatic hydroxyl groups is 1. The first-order valence-electron chi connectivity index (χ1n) is 7.85. The molecule has 1 aliphatic carbocycles. The van der Waals surface area contributed by atoms with E-state index in [0.29, 0.717) is 17.2 Å². The highest BCUT2D eigenvalue weighted by atomic mass is 16.3. The van der Waals surface area contributed by atoms with Crippen LogP contribution in [0.4, 0.5) is 5.82 Å². The summed E-state index contributed by atoms with van der Waals surface area (Å²) in [6, 6.07) is 5.47. The second-order valence-electron chi connectivity index (χ2n) is 6.39. The van der Waals surface area contributed by atoms with Crippen molar-refractivity contribution in [1.82, 2.24) is 9.97 Å². The second-order valence-corrected chi connectivity index (χ2v) is 6.39. The van der Waals surface area contributed by atoms with Crippen LogP contribution >= 0.6 is 0 Å². The summed E-state index contributed by atoms with van der Waals surface area (Å²) in [4.78, 5) is 10.8. The summed E-state index contributed by atoms with van der Waals surface area (Å²) in [5, 5.41) is 19.8. The molecule has 1 saturated carbocycles. The minimum atomic E-state index is 0.0181. The topological polar surface area (TPSA) is 73.0 Å². The molecule has 1 atom stereocenters. The Bertz CT molecular complexity index is 755. The van der Waals surface area contributed by atoms with Crippen molar-refractivity contribution in [2.45, 2.75) is 30.9 Å². The molecule has 2 fully saturated rings. The van der Waals surface area contributed by atoms with Crippen LogP contribution in [0.25, 0.3) is 10.9 Å². The van der Waals surface area contributed by atoms with Crippen LogP contribution in [-0.2, 0) is 0 Å². The summed E-state index contributed by atoms with van der Waals surface area (Å²) in [7, 11) is 0. The Morgan fingerprint density at radius 1 is 1.27 bits per heavy atom. The van der Waals surface area contributed by atoms with Gasteiger partial charge in [0.15, 0.2) is 0 Å². The van der Waals surface area contributed by atoms with Crippen molar-refractivity contribution in [2.24, 2.45) is 0 Å². The Morgan fingerprint density at radius 2 is 2.14 bits per heavy atom. The van der Waals surface area contributed by atoms with E-state index in [2.05, 4.69) is 20.8 Å². The molecule has 5 nitrogen and oxygen atoms in total. The predicted octanol–water partition coefficient (Wildman–Crippen LogP) is 2.64. The van der Waals surface area contributed by atoms with Crippen LogP contribution in [0.1, 0.15) is 19.3 Å². The van der Waals surface area contributed by atoms with Gasteiger partial charge in [0.25, 0.3) is 6.71 Å². The van der Waals surface area contributed by atoms with E-state index in [-0.39, 0.29) is 12.6 Å². The number of aromatic nitrogens is 2. The molecule has 0 radical (unpaired) electrons. The van der Waals surface area contributed by atoms with Crippen molar-refractivity contribution in [3.63, 3.8) is 0 Å². The summed E-state index contributed by atoms with van der Waals surface area (Å²) >= 11 is 0. The fourth-order valence-electron chi connectivity index (χ4n) is 3.52. The predicted molar refractivity (Wildman–Crippen MR) is 86.1 cm³/mol. The number of hydrogen-bond donors (Lipinski definition) is 1. The van der Waals surface area contributed by atoms with Gasteiger partial charge in [0.1, 0.15) is 5.82 Å². The highest BCUT2D eigenvalue weighted by Crippen LogP contribution is 2.45. The van der Waals surface area contributed by atoms with E-state index in [9.17, 15) is 10.4 Å². The molecular formula is C16H17BN4O. The number of nitriles is 1. The van der Waals surface area contributed by atoms with Gasteiger partial charge in [-0.25, -0.2) is 15.2 Å². The maximum absolute atomic E-state index is 9.41. The summed E-state index contributed by atoms with van der Waals surface area (Å²) in [5.41, 5.74) is 0.701. The van der Waals surface area contributed by atoms with Crippen LogP contribution in [0, 0.1) is 11.2 Å². The Balaban J connectivity index is 1.55. The van der Waals surface area contributed by atoms with Crippen LogP contribution in [-0.4, -0.2) is 34.9 Å². The summed E-state index contributed by atoms with van der Waals surface area (Å²) in [5.74, 6) is 4.58. The lowest BCUT2D eigenvalue weighted by Crippen LogP contribution is -2.25. The van der Waals surface area contributed by atoms with Gasteiger partial charge in [-0.2, -0.15) is 0 Å². The van der Waals surface area contributed by atoms with Gasteiger partial charge >= 0.3 is 0 Å². The van der Waals surface area contributed by atoms with Crippen LogP contribution in [0.15, 0.2) is 24.4 Å². The van der Waals surface area contributed by atoms with Crippen LogP contribution in [0.3, 0.4) is 0 Å². The lowest BCUT2D eigenvalue weighted by atomic mass is 9.38. The lowest BCUT2D eigenvalue weighted by molar-refractivity contribution is 0.456. The highest BCUT2D eigenvalue weighted by Gasteiger charge is 2.43. The molecule has 6 heteroatoms. The monoisotopic (exact) mass is 292 g/mol. The Hall–Kier alpha value is -2.29. The maximum atomic E-state index is 9.41. The maximum Gasteiger partial charge on any atom is 0.275 e. The zero-order valence-electron chi connectivity index (χ0n) is 12.3. The number of fused-ring (bicyclic) bond motifs is 1. The van der Waals surface area contributed by atoms with Gasteiger partial charge in [0.2, 0.25) is 5.88 Å². The standard InChI is InChI=1S/C16H17BN4O/c18-10-17(12-2-3-12)13-5-6-21(9-13)15-7-11-1-4-16(22)20-14(11)8-19-15/h1,4,7-8,12-13H,2-3,5-6,9H2,(H,20,22).